The number of hydrogen-bond acceptors (Lipinski definition) is 5. The third-order valence-corrected chi connectivity index (χ3v) is 8.00. The van der Waals surface area contributed by atoms with Crippen molar-refractivity contribution < 1.29 is 27.9 Å². The van der Waals surface area contributed by atoms with E-state index in [0.717, 1.165) is 49.6 Å². The molecule has 0 spiro atoms. The van der Waals surface area contributed by atoms with Crippen LogP contribution in [-0.4, -0.2) is 59.2 Å². The molecule has 10 heteroatoms. The van der Waals surface area contributed by atoms with Crippen LogP contribution in [0.3, 0.4) is 0 Å². The van der Waals surface area contributed by atoms with E-state index in [1.54, 1.807) is 29.4 Å². The summed E-state index contributed by atoms with van der Waals surface area (Å²) in [5.41, 5.74) is 1.77. The van der Waals surface area contributed by atoms with Gasteiger partial charge in [-0.15, -0.1) is 0 Å². The molecule has 3 aliphatic rings. The minimum Gasteiger partial charge on any atom is -0.478 e. The molecule has 1 unspecified atom stereocenters. The zero-order valence-corrected chi connectivity index (χ0v) is 21.5. The van der Waals surface area contributed by atoms with Gasteiger partial charge in [-0.3, -0.25) is 9.78 Å². The van der Waals surface area contributed by atoms with Gasteiger partial charge in [-0.05, 0) is 79.5 Å². The number of allylic oxidation sites excluding steroid dienone is 2. The molecule has 2 aromatic rings. The van der Waals surface area contributed by atoms with Crippen molar-refractivity contribution in [3.05, 3.63) is 82.8 Å². The molecule has 1 aromatic carbocycles. The molecule has 7 nitrogen and oxygen atoms in total. The standard InChI is InChI=1S/C29H31F3N4O3/c30-29(31,32)25-10-16-36(18-24(25)28(38)39)26-4-3-20-1-2-21(17-23(20)26)27(37)34-13-5-19-8-14-35(15-9-19)22-6-11-33-12-7-22/h1-2,6-7,10-12,16-17,19,26H,3-5,8-9,13-15,18H2,(H,34,37)(H,38,39). The van der Waals surface area contributed by atoms with Crippen LogP contribution in [0.5, 0.6) is 0 Å². The summed E-state index contributed by atoms with van der Waals surface area (Å²) < 4.78 is 39.9. The number of rotatable bonds is 7. The maximum absolute atomic E-state index is 13.3. The van der Waals surface area contributed by atoms with E-state index in [9.17, 15) is 27.9 Å². The number of hydrogen-bond donors (Lipinski definition) is 2. The fraction of sp³-hybridized carbons (Fsp3) is 0.414. The molecule has 1 aromatic heterocycles. The minimum absolute atomic E-state index is 0.183. The second-order valence-electron chi connectivity index (χ2n) is 10.3. The number of alkyl halides is 3. The second-order valence-corrected chi connectivity index (χ2v) is 10.3. The van der Waals surface area contributed by atoms with E-state index in [-0.39, 0.29) is 18.5 Å². The molecule has 39 heavy (non-hydrogen) atoms. The van der Waals surface area contributed by atoms with Crippen LogP contribution in [0, 0.1) is 5.92 Å². The molecule has 0 saturated carbocycles. The Hall–Kier alpha value is -3.82. The van der Waals surface area contributed by atoms with Gasteiger partial charge in [0, 0.05) is 49.5 Å². The lowest BCUT2D eigenvalue weighted by Crippen LogP contribution is -2.35. The van der Waals surface area contributed by atoms with E-state index in [1.807, 2.05) is 18.2 Å². The molecule has 1 saturated heterocycles. The molecule has 206 valence electrons. The summed E-state index contributed by atoms with van der Waals surface area (Å²) in [6.45, 7) is 2.17. The quantitative estimate of drug-likeness (QED) is 0.521. The summed E-state index contributed by atoms with van der Waals surface area (Å²) in [6.07, 6.45) is 5.39. The lowest BCUT2D eigenvalue weighted by atomic mass is 9.93. The zero-order valence-electron chi connectivity index (χ0n) is 21.5. The Bertz CT molecular complexity index is 1280. The summed E-state index contributed by atoms with van der Waals surface area (Å²) in [5, 5.41) is 12.4. The number of halogens is 3. The Balaban J connectivity index is 1.17. The lowest BCUT2D eigenvalue weighted by molar-refractivity contribution is -0.134. The van der Waals surface area contributed by atoms with Crippen LogP contribution >= 0.6 is 0 Å². The second kappa shape index (κ2) is 11.1. The van der Waals surface area contributed by atoms with Gasteiger partial charge in [0.15, 0.2) is 0 Å². The van der Waals surface area contributed by atoms with Gasteiger partial charge in [-0.25, -0.2) is 4.79 Å². The largest absolute Gasteiger partial charge is 0.478 e. The molecular weight excluding hydrogens is 509 g/mol. The van der Waals surface area contributed by atoms with Gasteiger partial charge in [0.05, 0.1) is 23.7 Å². The van der Waals surface area contributed by atoms with Gasteiger partial charge in [0.1, 0.15) is 0 Å². The van der Waals surface area contributed by atoms with E-state index in [1.165, 1.54) is 11.9 Å². The highest BCUT2D eigenvalue weighted by Crippen LogP contribution is 2.40. The van der Waals surface area contributed by atoms with Crippen molar-refractivity contribution in [2.45, 2.75) is 44.3 Å². The average molecular weight is 541 g/mol. The number of nitrogens with one attached hydrogen (secondary N) is 1. The molecule has 3 heterocycles. The number of carboxylic acid groups (broad SMARTS) is 1. The number of carbonyl (C=O) groups is 2. The van der Waals surface area contributed by atoms with Crippen molar-refractivity contribution in [1.29, 1.82) is 0 Å². The number of nitrogens with zero attached hydrogens (tertiary/aromatic N) is 3. The molecule has 0 bridgehead atoms. The molecule has 1 aliphatic carbocycles. The summed E-state index contributed by atoms with van der Waals surface area (Å²) in [4.78, 5) is 32.6. The van der Waals surface area contributed by atoms with Crippen molar-refractivity contribution in [2.75, 3.05) is 31.1 Å². The van der Waals surface area contributed by atoms with E-state index in [0.29, 0.717) is 30.9 Å². The highest BCUT2D eigenvalue weighted by Gasteiger charge is 2.40. The number of carboxylic acids is 1. The number of aliphatic carboxylic acids is 1. The molecule has 0 radical (unpaired) electrons. The van der Waals surface area contributed by atoms with Crippen molar-refractivity contribution >= 4 is 17.6 Å². The van der Waals surface area contributed by atoms with Gasteiger partial charge in [-0.2, -0.15) is 13.2 Å². The van der Waals surface area contributed by atoms with Crippen LogP contribution < -0.4 is 10.2 Å². The molecule has 2 aliphatic heterocycles. The number of piperidine rings is 1. The number of pyridine rings is 1. The number of fused-ring (bicyclic) bond motifs is 1. The van der Waals surface area contributed by atoms with Crippen LogP contribution in [-0.2, 0) is 11.2 Å². The Kier molecular flexibility index (Phi) is 7.63. The number of benzene rings is 1. The van der Waals surface area contributed by atoms with Crippen molar-refractivity contribution in [3.63, 3.8) is 0 Å². The first-order valence-corrected chi connectivity index (χ1v) is 13.2. The third kappa shape index (κ3) is 5.94. The van der Waals surface area contributed by atoms with E-state index >= 15 is 0 Å². The van der Waals surface area contributed by atoms with Crippen molar-refractivity contribution in [3.8, 4) is 0 Å². The first-order valence-electron chi connectivity index (χ1n) is 13.2. The van der Waals surface area contributed by atoms with Crippen LogP contribution in [0.1, 0.15) is 53.2 Å². The van der Waals surface area contributed by atoms with Gasteiger partial charge in [-0.1, -0.05) is 6.07 Å². The molecule has 5 rings (SSSR count). The predicted molar refractivity (Wildman–Crippen MR) is 140 cm³/mol. The van der Waals surface area contributed by atoms with Gasteiger partial charge in [0.25, 0.3) is 5.91 Å². The van der Waals surface area contributed by atoms with Gasteiger partial charge < -0.3 is 20.2 Å². The Labute approximate surface area is 225 Å². The van der Waals surface area contributed by atoms with Crippen LogP contribution in [0.25, 0.3) is 0 Å². The van der Waals surface area contributed by atoms with E-state index in [2.05, 4.69) is 15.2 Å². The first-order chi connectivity index (χ1) is 18.7. The summed E-state index contributed by atoms with van der Waals surface area (Å²) in [6, 6.07) is 9.21. The monoisotopic (exact) mass is 540 g/mol. The number of carbonyl (C=O) groups excluding carboxylic acids is 1. The Morgan fingerprint density at radius 3 is 2.51 bits per heavy atom. The number of anilines is 1. The Morgan fingerprint density at radius 1 is 1.08 bits per heavy atom. The van der Waals surface area contributed by atoms with Crippen LogP contribution in [0.2, 0.25) is 0 Å². The maximum Gasteiger partial charge on any atom is 0.417 e. The molecular formula is C29H31F3N4O3. The number of aromatic nitrogens is 1. The predicted octanol–water partition coefficient (Wildman–Crippen LogP) is 4.88. The SMILES string of the molecule is O=C(O)C1=C(C(F)(F)F)C=CN(C2CCc3ccc(C(=O)NCCC4CCN(c5ccncc5)CC4)cc32)C1. The molecule has 2 N–H and O–H groups in total. The topological polar surface area (TPSA) is 85.8 Å². The van der Waals surface area contributed by atoms with Crippen molar-refractivity contribution in [2.24, 2.45) is 5.92 Å². The maximum atomic E-state index is 13.3. The Morgan fingerprint density at radius 2 is 1.82 bits per heavy atom. The summed E-state index contributed by atoms with van der Waals surface area (Å²) >= 11 is 0. The zero-order chi connectivity index (χ0) is 27.6. The van der Waals surface area contributed by atoms with E-state index in [4.69, 9.17) is 0 Å². The highest BCUT2D eigenvalue weighted by atomic mass is 19.4. The molecule has 1 amide bonds. The fourth-order valence-electron chi connectivity index (χ4n) is 5.85. The minimum atomic E-state index is -4.73. The highest BCUT2D eigenvalue weighted by molar-refractivity contribution is 5.94. The van der Waals surface area contributed by atoms with Crippen LogP contribution in [0.4, 0.5) is 18.9 Å². The fourth-order valence-corrected chi connectivity index (χ4v) is 5.85. The first kappa shape index (κ1) is 26.8. The molecule has 1 fully saturated rings. The average Bonchev–Trinajstić information content (AvgIpc) is 3.36. The van der Waals surface area contributed by atoms with Crippen LogP contribution in [0.15, 0.2) is 66.1 Å². The smallest absolute Gasteiger partial charge is 0.417 e. The molecule has 1 atom stereocenters. The normalized spacial score (nSPS) is 19.8. The summed E-state index contributed by atoms with van der Waals surface area (Å²) in [5.74, 6) is -1.22. The van der Waals surface area contributed by atoms with Gasteiger partial charge >= 0.3 is 12.1 Å². The number of amides is 1. The van der Waals surface area contributed by atoms with E-state index < -0.39 is 23.3 Å². The van der Waals surface area contributed by atoms with Gasteiger partial charge in [0.2, 0.25) is 0 Å². The number of aryl methyl sites for hydroxylation is 1. The summed E-state index contributed by atoms with van der Waals surface area (Å²) in [7, 11) is 0. The third-order valence-electron chi connectivity index (χ3n) is 8.00. The lowest BCUT2D eigenvalue weighted by Gasteiger charge is -2.33. The van der Waals surface area contributed by atoms with Crippen molar-refractivity contribution in [1.82, 2.24) is 15.2 Å².